The van der Waals surface area contributed by atoms with E-state index in [2.05, 4.69) is 20.0 Å². The van der Waals surface area contributed by atoms with Crippen LogP contribution in [0.4, 0.5) is 14.6 Å². The molecule has 0 atom stereocenters. The van der Waals surface area contributed by atoms with Gasteiger partial charge in [-0.1, -0.05) is 18.2 Å². The largest absolute Gasteiger partial charge is 0.493 e. The van der Waals surface area contributed by atoms with Gasteiger partial charge >= 0.3 is 6.61 Å². The van der Waals surface area contributed by atoms with Crippen molar-refractivity contribution in [2.24, 2.45) is 0 Å². The molecule has 24 heavy (non-hydrogen) atoms. The number of alkyl halides is 2. The van der Waals surface area contributed by atoms with Crippen molar-refractivity contribution in [3.63, 3.8) is 0 Å². The van der Waals surface area contributed by atoms with E-state index in [0.29, 0.717) is 12.4 Å². The van der Waals surface area contributed by atoms with Crippen molar-refractivity contribution in [3.05, 3.63) is 54.4 Å². The van der Waals surface area contributed by atoms with Crippen molar-refractivity contribution in [1.29, 1.82) is 0 Å². The minimum absolute atomic E-state index is 0.00346. The lowest BCUT2D eigenvalue weighted by atomic mass is 10.2. The third-order valence-electron chi connectivity index (χ3n) is 3.45. The first-order valence-electron chi connectivity index (χ1n) is 7.22. The van der Waals surface area contributed by atoms with Crippen molar-refractivity contribution in [3.8, 4) is 11.5 Å². The number of aromatic nitrogens is 2. The summed E-state index contributed by atoms with van der Waals surface area (Å²) in [5.41, 5.74) is 1.68. The zero-order valence-electron chi connectivity index (χ0n) is 12.9. The summed E-state index contributed by atoms with van der Waals surface area (Å²) < 4.78 is 34.2. The second kappa shape index (κ2) is 7.08. The predicted octanol–water partition coefficient (Wildman–Crippen LogP) is 3.85. The van der Waals surface area contributed by atoms with E-state index in [1.54, 1.807) is 12.1 Å². The summed E-state index contributed by atoms with van der Waals surface area (Å²) in [6, 6.07) is 12.5. The standard InChI is InChI=1S/C17H15F2N3O2/c1-23-15-8-11(6-7-14(15)24-17(18)19)9-20-16-12-4-2-3-5-13(12)21-10-22-16/h2-8,10,17H,9H2,1H3,(H,20,21,22). The molecule has 0 saturated heterocycles. The predicted molar refractivity (Wildman–Crippen MR) is 86.5 cm³/mol. The third-order valence-corrected chi connectivity index (χ3v) is 3.45. The van der Waals surface area contributed by atoms with E-state index in [4.69, 9.17) is 4.74 Å². The molecule has 1 N–H and O–H groups in total. The number of hydrogen-bond acceptors (Lipinski definition) is 5. The molecule has 0 fully saturated rings. The number of hydrogen-bond donors (Lipinski definition) is 1. The lowest BCUT2D eigenvalue weighted by Crippen LogP contribution is -2.05. The van der Waals surface area contributed by atoms with Gasteiger partial charge in [0.25, 0.3) is 0 Å². The fourth-order valence-electron chi connectivity index (χ4n) is 2.35. The summed E-state index contributed by atoms with van der Waals surface area (Å²) >= 11 is 0. The summed E-state index contributed by atoms with van der Waals surface area (Å²) in [5, 5.41) is 4.13. The van der Waals surface area contributed by atoms with Gasteiger partial charge in [-0.2, -0.15) is 8.78 Å². The molecule has 1 aromatic heterocycles. The molecule has 0 unspecified atom stereocenters. The van der Waals surface area contributed by atoms with Gasteiger partial charge in [0, 0.05) is 11.9 Å². The number of halogens is 2. The second-order valence-electron chi connectivity index (χ2n) is 4.96. The van der Waals surface area contributed by atoms with Crippen LogP contribution < -0.4 is 14.8 Å². The summed E-state index contributed by atoms with van der Waals surface area (Å²) in [6.07, 6.45) is 1.49. The smallest absolute Gasteiger partial charge is 0.387 e. The van der Waals surface area contributed by atoms with Crippen molar-refractivity contribution >= 4 is 16.7 Å². The minimum atomic E-state index is -2.89. The average Bonchev–Trinajstić information content (AvgIpc) is 2.60. The number of nitrogens with one attached hydrogen (secondary N) is 1. The van der Waals surface area contributed by atoms with Crippen molar-refractivity contribution in [2.45, 2.75) is 13.2 Å². The van der Waals surface area contributed by atoms with Crippen LogP contribution in [0.3, 0.4) is 0 Å². The SMILES string of the molecule is COc1cc(CNc2ncnc3ccccc23)ccc1OC(F)F. The maximum absolute atomic E-state index is 12.4. The van der Waals surface area contributed by atoms with Gasteiger partial charge in [-0.25, -0.2) is 9.97 Å². The molecular weight excluding hydrogens is 316 g/mol. The Hall–Kier alpha value is -2.96. The monoisotopic (exact) mass is 331 g/mol. The van der Waals surface area contributed by atoms with E-state index in [1.807, 2.05) is 24.3 Å². The molecule has 0 aliphatic heterocycles. The lowest BCUT2D eigenvalue weighted by Gasteiger charge is -2.12. The highest BCUT2D eigenvalue weighted by atomic mass is 19.3. The maximum atomic E-state index is 12.4. The van der Waals surface area contributed by atoms with Crippen molar-refractivity contribution in [2.75, 3.05) is 12.4 Å². The van der Waals surface area contributed by atoms with Crippen LogP contribution >= 0.6 is 0 Å². The van der Waals surface area contributed by atoms with Gasteiger partial charge in [0.2, 0.25) is 0 Å². The number of para-hydroxylation sites is 1. The number of nitrogens with zero attached hydrogens (tertiary/aromatic N) is 2. The van der Waals surface area contributed by atoms with Crippen molar-refractivity contribution < 1.29 is 18.3 Å². The van der Waals surface area contributed by atoms with E-state index in [-0.39, 0.29) is 11.5 Å². The Morgan fingerprint density at radius 1 is 1.08 bits per heavy atom. The summed E-state index contributed by atoms with van der Waals surface area (Å²) in [5.74, 6) is 0.957. The average molecular weight is 331 g/mol. The Kier molecular flexibility index (Phi) is 4.69. The highest BCUT2D eigenvalue weighted by Gasteiger charge is 2.11. The minimum Gasteiger partial charge on any atom is -0.493 e. The fraction of sp³-hybridized carbons (Fsp3) is 0.176. The maximum Gasteiger partial charge on any atom is 0.387 e. The lowest BCUT2D eigenvalue weighted by molar-refractivity contribution is -0.0512. The van der Waals surface area contributed by atoms with Gasteiger partial charge in [-0.05, 0) is 29.8 Å². The van der Waals surface area contributed by atoms with Crippen LogP contribution in [0, 0.1) is 0 Å². The Balaban J connectivity index is 1.79. The molecule has 7 heteroatoms. The summed E-state index contributed by atoms with van der Waals surface area (Å²) in [6.45, 7) is -2.44. The Morgan fingerprint density at radius 3 is 2.71 bits per heavy atom. The second-order valence-corrected chi connectivity index (χ2v) is 4.96. The fourth-order valence-corrected chi connectivity index (χ4v) is 2.35. The Labute approximate surface area is 137 Å². The molecule has 124 valence electrons. The van der Waals surface area contributed by atoms with E-state index in [1.165, 1.54) is 19.5 Å². The molecule has 0 radical (unpaired) electrons. The Bertz CT molecular complexity index is 838. The molecule has 2 aromatic carbocycles. The van der Waals surface area contributed by atoms with E-state index in [9.17, 15) is 8.78 Å². The van der Waals surface area contributed by atoms with E-state index < -0.39 is 6.61 Å². The third kappa shape index (κ3) is 3.51. The number of anilines is 1. The van der Waals surface area contributed by atoms with Crippen LogP contribution in [-0.2, 0) is 6.54 Å². The van der Waals surface area contributed by atoms with Crippen LogP contribution in [-0.4, -0.2) is 23.7 Å². The number of methoxy groups -OCH3 is 1. The highest BCUT2D eigenvalue weighted by Crippen LogP contribution is 2.30. The molecule has 0 amide bonds. The van der Waals surface area contributed by atoms with Gasteiger partial charge in [0.15, 0.2) is 11.5 Å². The van der Waals surface area contributed by atoms with Crippen LogP contribution in [0.2, 0.25) is 0 Å². The zero-order chi connectivity index (χ0) is 16.9. The van der Waals surface area contributed by atoms with Gasteiger partial charge in [-0.3, -0.25) is 0 Å². The number of ether oxygens (including phenoxy) is 2. The van der Waals surface area contributed by atoms with Crippen LogP contribution in [0.5, 0.6) is 11.5 Å². The molecular formula is C17H15F2N3O2. The first-order chi connectivity index (χ1) is 11.7. The topological polar surface area (TPSA) is 56.3 Å². The van der Waals surface area contributed by atoms with Crippen LogP contribution in [0.1, 0.15) is 5.56 Å². The molecule has 0 spiro atoms. The van der Waals surface area contributed by atoms with Gasteiger partial charge < -0.3 is 14.8 Å². The molecule has 3 aromatic rings. The van der Waals surface area contributed by atoms with Crippen molar-refractivity contribution in [1.82, 2.24) is 9.97 Å². The Morgan fingerprint density at radius 2 is 1.92 bits per heavy atom. The number of rotatable bonds is 6. The molecule has 0 bridgehead atoms. The highest BCUT2D eigenvalue weighted by molar-refractivity contribution is 5.88. The molecule has 0 aliphatic carbocycles. The van der Waals surface area contributed by atoms with E-state index in [0.717, 1.165) is 16.5 Å². The quantitative estimate of drug-likeness (QED) is 0.743. The first-order valence-corrected chi connectivity index (χ1v) is 7.22. The summed E-state index contributed by atoms with van der Waals surface area (Å²) in [4.78, 5) is 8.45. The molecule has 1 heterocycles. The first kappa shape index (κ1) is 15.9. The summed E-state index contributed by atoms with van der Waals surface area (Å²) in [7, 11) is 1.41. The molecule has 3 rings (SSSR count). The van der Waals surface area contributed by atoms with Gasteiger partial charge in [0.05, 0.1) is 12.6 Å². The van der Waals surface area contributed by atoms with Crippen LogP contribution in [0.25, 0.3) is 10.9 Å². The van der Waals surface area contributed by atoms with Gasteiger partial charge in [0.1, 0.15) is 12.1 Å². The van der Waals surface area contributed by atoms with Crippen LogP contribution in [0.15, 0.2) is 48.8 Å². The van der Waals surface area contributed by atoms with Gasteiger partial charge in [-0.15, -0.1) is 0 Å². The number of benzene rings is 2. The molecule has 0 saturated carbocycles. The number of fused-ring (bicyclic) bond motifs is 1. The van der Waals surface area contributed by atoms with E-state index >= 15 is 0 Å². The molecule has 0 aliphatic rings. The normalized spacial score (nSPS) is 10.8. The zero-order valence-corrected chi connectivity index (χ0v) is 12.9. The molecule has 5 nitrogen and oxygen atoms in total.